The van der Waals surface area contributed by atoms with Crippen LogP contribution >= 0.6 is 0 Å². The van der Waals surface area contributed by atoms with Crippen molar-refractivity contribution >= 4 is 18.1 Å². The van der Waals surface area contributed by atoms with E-state index in [-0.39, 0.29) is 0 Å². The molecular formula is C14H23O5Si2. The molecule has 0 saturated carbocycles. The van der Waals surface area contributed by atoms with Crippen LogP contribution in [0.4, 0.5) is 0 Å². The second-order valence-electron chi connectivity index (χ2n) is 4.97. The fraction of sp³-hybridized carbons (Fsp3) is 0.571. The van der Waals surface area contributed by atoms with Gasteiger partial charge in [-0.05, 0) is 37.1 Å². The van der Waals surface area contributed by atoms with Gasteiger partial charge in [-0.2, -0.15) is 0 Å². The highest BCUT2D eigenvalue weighted by Gasteiger charge is 2.36. The Balaban J connectivity index is 1.92. The van der Waals surface area contributed by atoms with E-state index in [0.717, 1.165) is 30.2 Å². The highest BCUT2D eigenvalue weighted by Crippen LogP contribution is 2.27. The molecule has 2 rings (SSSR count). The molecule has 0 N–H and O–H groups in total. The molecule has 0 saturated heterocycles. The van der Waals surface area contributed by atoms with Gasteiger partial charge in [-0.1, -0.05) is 6.07 Å². The summed E-state index contributed by atoms with van der Waals surface area (Å²) in [4.78, 5) is 0. The minimum Gasteiger partial charge on any atom is -0.519 e. The molecular weight excluding hydrogens is 304 g/mol. The average Bonchev–Trinajstić information content (AvgIpc) is 2.52. The van der Waals surface area contributed by atoms with Crippen LogP contribution in [0.2, 0.25) is 12.6 Å². The lowest BCUT2D eigenvalue weighted by Gasteiger charge is -2.24. The molecule has 0 aliphatic carbocycles. The van der Waals surface area contributed by atoms with Gasteiger partial charge in [0.1, 0.15) is 5.75 Å². The van der Waals surface area contributed by atoms with Crippen LogP contribution < -0.4 is 4.43 Å². The first kappa shape index (κ1) is 16.7. The van der Waals surface area contributed by atoms with Gasteiger partial charge in [-0.3, -0.25) is 0 Å². The molecule has 0 fully saturated rings. The molecule has 0 bridgehead atoms. The largest absolute Gasteiger partial charge is 0.519 e. The molecule has 0 amide bonds. The second-order valence-corrected chi connectivity index (χ2v) is 9.54. The van der Waals surface area contributed by atoms with E-state index in [1.54, 1.807) is 21.3 Å². The summed E-state index contributed by atoms with van der Waals surface area (Å²) < 4.78 is 27.6. The molecule has 7 heteroatoms. The van der Waals surface area contributed by atoms with Crippen LogP contribution in [0.15, 0.2) is 18.2 Å². The van der Waals surface area contributed by atoms with Crippen molar-refractivity contribution in [2.24, 2.45) is 0 Å². The van der Waals surface area contributed by atoms with Gasteiger partial charge in [0.15, 0.2) is 0 Å². The van der Waals surface area contributed by atoms with E-state index < -0.39 is 18.1 Å². The van der Waals surface area contributed by atoms with Crippen molar-refractivity contribution in [1.29, 1.82) is 0 Å². The average molecular weight is 328 g/mol. The van der Waals surface area contributed by atoms with Gasteiger partial charge in [0, 0.05) is 32.9 Å². The maximum Gasteiger partial charge on any atom is 0.500 e. The van der Waals surface area contributed by atoms with Crippen LogP contribution in [-0.2, 0) is 30.7 Å². The third-order valence-corrected chi connectivity index (χ3v) is 7.58. The zero-order valence-electron chi connectivity index (χ0n) is 13.1. The summed E-state index contributed by atoms with van der Waals surface area (Å²) in [6.07, 6.45) is 1.92. The summed E-state index contributed by atoms with van der Waals surface area (Å²) in [6, 6.07) is 7.14. The summed E-state index contributed by atoms with van der Waals surface area (Å²) in [7, 11) is 1.39. The Morgan fingerprint density at radius 3 is 2.57 bits per heavy atom. The number of benzene rings is 1. The van der Waals surface area contributed by atoms with Crippen molar-refractivity contribution in [3.63, 3.8) is 0 Å². The minimum atomic E-state index is -2.45. The van der Waals surface area contributed by atoms with E-state index in [2.05, 4.69) is 18.2 Å². The predicted octanol–water partition coefficient (Wildman–Crippen LogP) is 2.52. The summed E-state index contributed by atoms with van der Waals surface area (Å²) in [5.74, 6) is 0.968. The standard InChI is InChI=1S/C14H23O5Si2/c1-15-21(16-2,17-3)9-5-6-12-7-8-14-13(10-12)11-18-20(4)19-14/h7-8,10H,5-6,9,11H2,1-4H3. The van der Waals surface area contributed by atoms with Crippen LogP contribution in [0.25, 0.3) is 0 Å². The molecule has 1 radical (unpaired) electrons. The van der Waals surface area contributed by atoms with E-state index >= 15 is 0 Å². The van der Waals surface area contributed by atoms with Crippen LogP contribution in [0.3, 0.4) is 0 Å². The Labute approximate surface area is 129 Å². The number of rotatable bonds is 7. The van der Waals surface area contributed by atoms with Gasteiger partial charge in [0.25, 0.3) is 0 Å². The lowest BCUT2D eigenvalue weighted by molar-refractivity contribution is 0.123. The summed E-state index contributed by atoms with van der Waals surface area (Å²) in [6.45, 7) is 2.66. The molecule has 1 heterocycles. The zero-order chi connectivity index (χ0) is 15.3. The fourth-order valence-corrected chi connectivity index (χ4v) is 5.08. The quantitative estimate of drug-likeness (QED) is 0.720. The lowest BCUT2D eigenvalue weighted by Crippen LogP contribution is -2.42. The second kappa shape index (κ2) is 7.52. The third kappa shape index (κ3) is 4.15. The highest BCUT2D eigenvalue weighted by atomic mass is 28.4. The van der Waals surface area contributed by atoms with E-state index in [4.69, 9.17) is 22.1 Å². The van der Waals surface area contributed by atoms with E-state index in [9.17, 15) is 0 Å². The first-order valence-corrected chi connectivity index (χ1v) is 10.8. The van der Waals surface area contributed by atoms with Crippen molar-refractivity contribution in [3.8, 4) is 5.75 Å². The van der Waals surface area contributed by atoms with Gasteiger partial charge in [0.05, 0.1) is 6.61 Å². The topological polar surface area (TPSA) is 46.2 Å². The highest BCUT2D eigenvalue weighted by molar-refractivity contribution is 6.60. The molecule has 1 aromatic carbocycles. The summed E-state index contributed by atoms with van der Waals surface area (Å²) in [5.41, 5.74) is 2.41. The molecule has 1 aromatic rings. The van der Waals surface area contributed by atoms with Gasteiger partial charge in [-0.15, -0.1) is 0 Å². The maximum absolute atomic E-state index is 5.72. The molecule has 1 aliphatic rings. The van der Waals surface area contributed by atoms with Gasteiger partial charge < -0.3 is 22.1 Å². The number of aryl methyl sites for hydroxylation is 1. The Kier molecular flexibility index (Phi) is 5.97. The smallest absolute Gasteiger partial charge is 0.500 e. The Morgan fingerprint density at radius 2 is 1.90 bits per heavy atom. The van der Waals surface area contributed by atoms with Crippen LogP contribution in [0.5, 0.6) is 5.75 Å². The van der Waals surface area contributed by atoms with Crippen molar-refractivity contribution in [2.45, 2.75) is 32.0 Å². The Bertz CT molecular complexity index is 456. The molecule has 1 aliphatic heterocycles. The summed E-state index contributed by atoms with van der Waals surface area (Å²) >= 11 is 0. The number of hydrogen-bond donors (Lipinski definition) is 0. The van der Waals surface area contributed by atoms with E-state index in [1.165, 1.54) is 5.56 Å². The van der Waals surface area contributed by atoms with Gasteiger partial charge in [0.2, 0.25) is 0 Å². The molecule has 0 atom stereocenters. The van der Waals surface area contributed by atoms with Gasteiger partial charge >= 0.3 is 18.1 Å². The van der Waals surface area contributed by atoms with Crippen LogP contribution in [0, 0.1) is 0 Å². The Morgan fingerprint density at radius 1 is 1.19 bits per heavy atom. The zero-order valence-corrected chi connectivity index (χ0v) is 15.1. The molecule has 5 nitrogen and oxygen atoms in total. The molecule has 0 spiro atoms. The van der Waals surface area contributed by atoms with E-state index in [0.29, 0.717) is 6.61 Å². The molecule has 0 unspecified atom stereocenters. The Hall–Kier alpha value is -0.706. The monoisotopic (exact) mass is 327 g/mol. The minimum absolute atomic E-state index is 0.654. The first-order chi connectivity index (χ1) is 10.1. The maximum atomic E-state index is 5.72. The van der Waals surface area contributed by atoms with Crippen LogP contribution in [-0.4, -0.2) is 39.4 Å². The SMILES string of the molecule is CO[Si](CCCc1ccc2c(c1)CO[Si](C)O2)(OC)OC. The summed E-state index contributed by atoms with van der Waals surface area (Å²) in [5, 5.41) is 0. The lowest BCUT2D eigenvalue weighted by atomic mass is 10.1. The first-order valence-electron chi connectivity index (χ1n) is 7.04. The van der Waals surface area contributed by atoms with Crippen molar-refractivity contribution in [2.75, 3.05) is 21.3 Å². The molecule has 117 valence electrons. The molecule has 0 aromatic heterocycles. The van der Waals surface area contributed by atoms with Crippen LogP contribution in [0.1, 0.15) is 17.5 Å². The predicted molar refractivity (Wildman–Crippen MR) is 83.4 cm³/mol. The van der Waals surface area contributed by atoms with Crippen molar-refractivity contribution in [3.05, 3.63) is 29.3 Å². The number of hydrogen-bond acceptors (Lipinski definition) is 5. The van der Waals surface area contributed by atoms with Crippen molar-refractivity contribution in [1.82, 2.24) is 0 Å². The van der Waals surface area contributed by atoms with Gasteiger partial charge in [-0.25, -0.2) is 0 Å². The fourth-order valence-electron chi connectivity index (χ4n) is 2.43. The van der Waals surface area contributed by atoms with Crippen molar-refractivity contribution < 1.29 is 22.1 Å². The number of fused-ring (bicyclic) bond motifs is 1. The third-order valence-electron chi connectivity index (χ3n) is 3.69. The van der Waals surface area contributed by atoms with E-state index in [1.807, 2.05) is 6.55 Å². The molecule has 21 heavy (non-hydrogen) atoms. The normalized spacial score (nSPS) is 15.6.